The van der Waals surface area contributed by atoms with Crippen LogP contribution in [-0.2, 0) is 37.5 Å². The molecule has 3 atom stereocenters. The van der Waals surface area contributed by atoms with Crippen molar-refractivity contribution >= 4 is 25.7 Å². The lowest BCUT2D eigenvalue weighted by Gasteiger charge is -2.20. The number of esters is 2. The van der Waals surface area contributed by atoms with Crippen LogP contribution in [0.4, 0.5) is 0 Å². The third-order valence-corrected chi connectivity index (χ3v) is 11.3. The minimum atomic E-state index is -4.71. The number of phosphoric acid groups is 1. The van der Waals surface area contributed by atoms with Crippen molar-refractivity contribution in [1.29, 1.82) is 0 Å². The topological polar surface area (TPSA) is 172 Å². The lowest BCUT2D eigenvalue weighted by Crippen LogP contribution is -2.34. The van der Waals surface area contributed by atoms with Crippen molar-refractivity contribution in [3.05, 3.63) is 0 Å². The number of carboxylic acid groups (broad SMARTS) is 1. The monoisotopic (exact) mass is 820 g/mol. The van der Waals surface area contributed by atoms with E-state index in [2.05, 4.69) is 18.4 Å². The van der Waals surface area contributed by atoms with Gasteiger partial charge in [0, 0.05) is 12.8 Å². The number of unbranched alkanes of at least 4 members (excludes halogenated alkanes) is 30. The van der Waals surface area contributed by atoms with E-state index in [4.69, 9.17) is 24.8 Å². The van der Waals surface area contributed by atoms with Gasteiger partial charge in [-0.2, -0.15) is 0 Å². The van der Waals surface area contributed by atoms with E-state index in [1.165, 1.54) is 154 Å². The number of hydrogen-bond donors (Lipinski definition) is 3. The van der Waals surface area contributed by atoms with E-state index >= 15 is 0 Å². The van der Waals surface area contributed by atoms with Crippen molar-refractivity contribution in [2.45, 2.75) is 244 Å². The summed E-state index contributed by atoms with van der Waals surface area (Å²) in [6.07, 6.45) is 38.7. The molecule has 0 aromatic rings. The minimum Gasteiger partial charge on any atom is -0.480 e. The minimum absolute atomic E-state index is 0.169. The standard InChI is InChI=1S/C44H86NO10P/c1-3-5-7-9-11-13-15-17-19-21-23-25-27-29-31-33-35-42(46)52-37-40(38-53-56(50,51)54-39-41(45)44(48)49)55-43(47)36-34-32-30-28-26-24-22-20-18-16-14-12-10-8-6-4-2/h40-41H,3-39,45H2,1-2H3,(H,48,49)(H,50,51). The summed E-state index contributed by atoms with van der Waals surface area (Å²) in [5, 5.41) is 8.89. The van der Waals surface area contributed by atoms with E-state index < -0.39 is 51.1 Å². The molecular formula is C44H86NO10P. The summed E-state index contributed by atoms with van der Waals surface area (Å²) in [6.45, 7) is 2.85. The molecule has 56 heavy (non-hydrogen) atoms. The van der Waals surface area contributed by atoms with Gasteiger partial charge in [0.2, 0.25) is 0 Å². The lowest BCUT2D eigenvalue weighted by molar-refractivity contribution is -0.161. The SMILES string of the molecule is CCCCCCCCCCCCCCCCCCC(=O)OCC(COP(=O)(O)OCC(N)C(=O)O)OC(=O)CCCCCCCCCCCCCCCCCC. The number of carboxylic acids is 1. The number of ether oxygens (including phenoxy) is 2. The van der Waals surface area contributed by atoms with Crippen LogP contribution in [0.15, 0.2) is 0 Å². The maximum atomic E-state index is 12.6. The molecule has 11 nitrogen and oxygen atoms in total. The van der Waals surface area contributed by atoms with Gasteiger partial charge in [-0.3, -0.25) is 23.4 Å². The summed E-state index contributed by atoms with van der Waals surface area (Å²) in [5.41, 5.74) is 5.34. The molecule has 0 heterocycles. The van der Waals surface area contributed by atoms with Crippen LogP contribution < -0.4 is 5.73 Å². The Morgan fingerprint density at radius 3 is 1.12 bits per heavy atom. The lowest BCUT2D eigenvalue weighted by atomic mass is 10.0. The van der Waals surface area contributed by atoms with E-state index in [9.17, 15) is 23.8 Å². The Morgan fingerprint density at radius 1 is 0.482 bits per heavy atom. The van der Waals surface area contributed by atoms with Crippen molar-refractivity contribution in [3.63, 3.8) is 0 Å². The highest BCUT2D eigenvalue weighted by molar-refractivity contribution is 7.47. The van der Waals surface area contributed by atoms with Crippen LogP contribution in [-0.4, -0.2) is 59.9 Å². The molecule has 0 fully saturated rings. The average Bonchev–Trinajstić information content (AvgIpc) is 3.17. The molecule has 0 radical (unpaired) electrons. The van der Waals surface area contributed by atoms with Gasteiger partial charge in [0.1, 0.15) is 12.6 Å². The molecule has 0 amide bonds. The Balaban J connectivity index is 4.28. The van der Waals surface area contributed by atoms with Crippen molar-refractivity contribution in [1.82, 2.24) is 0 Å². The van der Waals surface area contributed by atoms with Crippen molar-refractivity contribution in [2.75, 3.05) is 19.8 Å². The summed E-state index contributed by atoms with van der Waals surface area (Å²) in [6, 6.07) is -1.52. The number of carbonyl (C=O) groups excluding carboxylic acids is 2. The van der Waals surface area contributed by atoms with E-state index in [0.29, 0.717) is 12.8 Å². The Hall–Kier alpha value is -1.52. The van der Waals surface area contributed by atoms with E-state index in [0.717, 1.165) is 38.5 Å². The van der Waals surface area contributed by atoms with Crippen LogP contribution in [0.3, 0.4) is 0 Å². The largest absolute Gasteiger partial charge is 0.480 e. The highest BCUT2D eigenvalue weighted by Gasteiger charge is 2.28. The molecule has 0 aliphatic carbocycles. The predicted octanol–water partition coefficient (Wildman–Crippen LogP) is 12.3. The summed E-state index contributed by atoms with van der Waals surface area (Å²) in [5.74, 6) is -2.35. The van der Waals surface area contributed by atoms with Gasteiger partial charge in [-0.15, -0.1) is 0 Å². The van der Waals surface area contributed by atoms with Gasteiger partial charge in [-0.25, -0.2) is 4.57 Å². The first-order valence-electron chi connectivity index (χ1n) is 23.1. The van der Waals surface area contributed by atoms with Gasteiger partial charge in [0.15, 0.2) is 6.10 Å². The summed E-state index contributed by atoms with van der Waals surface area (Å²) in [7, 11) is -4.71. The molecule has 0 rings (SSSR count). The van der Waals surface area contributed by atoms with Crippen LogP contribution in [0.5, 0.6) is 0 Å². The molecule has 0 aromatic heterocycles. The van der Waals surface area contributed by atoms with E-state index in [1.54, 1.807) is 0 Å². The predicted molar refractivity (Wildman–Crippen MR) is 227 cm³/mol. The zero-order valence-corrected chi connectivity index (χ0v) is 36.9. The smallest absolute Gasteiger partial charge is 0.472 e. The molecule has 0 saturated carbocycles. The molecule has 0 saturated heterocycles. The normalized spacial score (nSPS) is 13.6. The quantitative estimate of drug-likeness (QED) is 0.0303. The van der Waals surface area contributed by atoms with Crippen LogP contribution in [0.2, 0.25) is 0 Å². The Labute approximate surface area is 342 Å². The maximum absolute atomic E-state index is 12.6. The van der Waals surface area contributed by atoms with Crippen LogP contribution >= 0.6 is 7.82 Å². The summed E-state index contributed by atoms with van der Waals surface area (Å²) >= 11 is 0. The Bertz CT molecular complexity index is 968. The fourth-order valence-electron chi connectivity index (χ4n) is 6.71. The second kappa shape index (κ2) is 40.3. The zero-order valence-electron chi connectivity index (χ0n) is 36.0. The van der Waals surface area contributed by atoms with Gasteiger partial charge in [0.05, 0.1) is 13.2 Å². The molecule has 0 aliphatic rings. The highest BCUT2D eigenvalue weighted by Crippen LogP contribution is 2.43. The molecule has 332 valence electrons. The number of phosphoric ester groups is 1. The number of nitrogens with two attached hydrogens (primary N) is 1. The van der Waals surface area contributed by atoms with Crippen molar-refractivity contribution in [2.24, 2.45) is 5.73 Å². The number of hydrogen-bond acceptors (Lipinski definition) is 9. The van der Waals surface area contributed by atoms with Crippen LogP contribution in [0.1, 0.15) is 232 Å². The molecule has 4 N–H and O–H groups in total. The highest BCUT2D eigenvalue weighted by atomic mass is 31.2. The maximum Gasteiger partial charge on any atom is 0.472 e. The van der Waals surface area contributed by atoms with Gasteiger partial charge < -0.3 is 25.2 Å². The third kappa shape index (κ3) is 39.3. The number of carbonyl (C=O) groups is 3. The second-order valence-corrected chi connectivity index (χ2v) is 17.4. The van der Waals surface area contributed by atoms with Gasteiger partial charge >= 0.3 is 25.7 Å². The molecule has 0 aliphatic heterocycles. The molecule has 0 aromatic carbocycles. The molecule has 12 heteroatoms. The molecular weight excluding hydrogens is 733 g/mol. The zero-order chi connectivity index (χ0) is 41.4. The average molecular weight is 820 g/mol. The van der Waals surface area contributed by atoms with Gasteiger partial charge in [0.25, 0.3) is 0 Å². The fraction of sp³-hybridized carbons (Fsp3) is 0.932. The second-order valence-electron chi connectivity index (χ2n) is 15.9. The molecule has 3 unspecified atom stereocenters. The van der Waals surface area contributed by atoms with Crippen molar-refractivity contribution < 1.29 is 47.5 Å². The van der Waals surface area contributed by atoms with E-state index in [1.807, 2.05) is 0 Å². The van der Waals surface area contributed by atoms with Gasteiger partial charge in [-0.05, 0) is 12.8 Å². The first-order chi connectivity index (χ1) is 27.1. The third-order valence-electron chi connectivity index (χ3n) is 10.4. The summed E-state index contributed by atoms with van der Waals surface area (Å²) in [4.78, 5) is 46.0. The first-order valence-corrected chi connectivity index (χ1v) is 24.6. The number of aliphatic carboxylic acids is 1. The van der Waals surface area contributed by atoms with Gasteiger partial charge in [-0.1, -0.05) is 206 Å². The fourth-order valence-corrected chi connectivity index (χ4v) is 7.49. The van der Waals surface area contributed by atoms with Crippen LogP contribution in [0.25, 0.3) is 0 Å². The van der Waals surface area contributed by atoms with Crippen LogP contribution in [0, 0.1) is 0 Å². The van der Waals surface area contributed by atoms with E-state index in [-0.39, 0.29) is 19.4 Å². The first kappa shape index (κ1) is 54.5. The molecule has 0 bridgehead atoms. The number of rotatable bonds is 44. The van der Waals surface area contributed by atoms with Crippen molar-refractivity contribution in [3.8, 4) is 0 Å². The Morgan fingerprint density at radius 2 is 0.786 bits per heavy atom. The Kier molecular flexibility index (Phi) is 39.2. The summed E-state index contributed by atoms with van der Waals surface area (Å²) < 4.78 is 32.8. The molecule has 0 spiro atoms.